The molecule has 0 aliphatic heterocycles. The Kier molecular flexibility index (Phi) is 9.79. The quantitative estimate of drug-likeness (QED) is 0.364. The van der Waals surface area contributed by atoms with Crippen LogP contribution in [-0.4, -0.2) is 30.6 Å². The summed E-state index contributed by atoms with van der Waals surface area (Å²) in [4.78, 5) is 8.45. The number of nitrogens with zero attached hydrogens (tertiary/aromatic N) is 2. The van der Waals surface area contributed by atoms with Crippen LogP contribution in [0.1, 0.15) is 26.3 Å². The van der Waals surface area contributed by atoms with Crippen molar-refractivity contribution in [1.29, 1.82) is 0 Å². The Balaban J connectivity index is 0.00000338. The van der Waals surface area contributed by atoms with Gasteiger partial charge in [0.05, 0.1) is 6.61 Å². The fraction of sp³-hybridized carbons (Fsp3) is 0.368. The molecule has 0 bridgehead atoms. The lowest BCUT2D eigenvalue weighted by molar-refractivity contribution is 0.339. The molecule has 142 valence electrons. The normalized spacial score (nSPS) is 10.9. The minimum Gasteiger partial charge on any atom is -0.494 e. The van der Waals surface area contributed by atoms with E-state index < -0.39 is 0 Å². The van der Waals surface area contributed by atoms with E-state index in [9.17, 15) is 0 Å². The maximum atomic E-state index is 5.81. The molecule has 2 rings (SSSR count). The average molecular weight is 470 g/mol. The molecule has 2 aromatic rings. The van der Waals surface area contributed by atoms with E-state index in [4.69, 9.17) is 9.47 Å². The first-order chi connectivity index (χ1) is 12.1. The van der Waals surface area contributed by atoms with Crippen molar-refractivity contribution in [3.63, 3.8) is 0 Å². The number of hydrogen-bond acceptors (Lipinski definition) is 4. The van der Waals surface area contributed by atoms with Gasteiger partial charge in [0.15, 0.2) is 5.96 Å². The largest absolute Gasteiger partial charge is 0.494 e. The Morgan fingerprint density at radius 3 is 2.46 bits per heavy atom. The molecule has 0 unspecified atom stereocenters. The summed E-state index contributed by atoms with van der Waals surface area (Å²) >= 11 is 0. The Bertz CT molecular complexity index is 690. The van der Waals surface area contributed by atoms with Gasteiger partial charge in [-0.3, -0.25) is 4.99 Å². The first kappa shape index (κ1) is 22.0. The monoisotopic (exact) mass is 470 g/mol. The lowest BCUT2D eigenvalue weighted by Crippen LogP contribution is -2.40. The van der Waals surface area contributed by atoms with Crippen molar-refractivity contribution < 1.29 is 9.47 Å². The van der Waals surface area contributed by atoms with Gasteiger partial charge in [-0.25, -0.2) is 4.98 Å². The summed E-state index contributed by atoms with van der Waals surface area (Å²) in [6.45, 7) is 7.38. The molecule has 1 heterocycles. The van der Waals surface area contributed by atoms with Crippen LogP contribution in [0.25, 0.3) is 0 Å². The maximum absolute atomic E-state index is 5.81. The molecule has 0 atom stereocenters. The van der Waals surface area contributed by atoms with Crippen LogP contribution in [0.4, 0.5) is 0 Å². The summed E-state index contributed by atoms with van der Waals surface area (Å²) in [5.41, 5.74) is 1.06. The van der Waals surface area contributed by atoms with Gasteiger partial charge in [-0.05, 0) is 56.7 Å². The summed E-state index contributed by atoms with van der Waals surface area (Å²) in [5, 5.41) is 6.52. The molecule has 0 aliphatic rings. The average Bonchev–Trinajstić information content (AvgIpc) is 2.60. The minimum absolute atomic E-state index is 0. The summed E-state index contributed by atoms with van der Waals surface area (Å²) in [7, 11) is 1.75. The van der Waals surface area contributed by atoms with Gasteiger partial charge in [-0.2, -0.15) is 0 Å². The zero-order valence-corrected chi connectivity index (χ0v) is 18.0. The fourth-order valence-electron chi connectivity index (χ4n) is 2.16. The molecule has 0 aliphatic carbocycles. The van der Waals surface area contributed by atoms with E-state index in [2.05, 4.69) is 34.5 Å². The lowest BCUT2D eigenvalue weighted by atomic mass is 10.2. The van der Waals surface area contributed by atoms with Crippen LogP contribution in [0.5, 0.6) is 17.4 Å². The van der Waals surface area contributed by atoms with E-state index in [1.807, 2.05) is 43.3 Å². The third kappa shape index (κ3) is 7.47. The molecule has 0 amide bonds. The molecule has 0 radical (unpaired) electrons. The number of aromatic nitrogens is 1. The van der Waals surface area contributed by atoms with Crippen LogP contribution in [0, 0.1) is 0 Å². The van der Waals surface area contributed by atoms with Gasteiger partial charge in [0, 0.05) is 31.9 Å². The van der Waals surface area contributed by atoms with E-state index in [0.717, 1.165) is 23.0 Å². The molecule has 6 nitrogen and oxygen atoms in total. The Morgan fingerprint density at radius 2 is 1.85 bits per heavy atom. The standard InChI is InChI=1S/C19H26N4O2.HI/c1-5-24-16-6-8-17(9-7-16)25-18-12-15(10-11-21-18)13-22-19(20-4)23-14(2)3;/h6-12,14H,5,13H2,1-4H3,(H2,20,22,23);1H. The molecule has 1 aromatic carbocycles. The van der Waals surface area contributed by atoms with Gasteiger partial charge in [0.1, 0.15) is 11.5 Å². The van der Waals surface area contributed by atoms with E-state index in [-0.39, 0.29) is 24.0 Å². The summed E-state index contributed by atoms with van der Waals surface area (Å²) in [6, 6.07) is 11.7. The first-order valence-corrected chi connectivity index (χ1v) is 8.43. The van der Waals surface area contributed by atoms with Crippen molar-refractivity contribution in [2.75, 3.05) is 13.7 Å². The van der Waals surface area contributed by atoms with Gasteiger partial charge in [-0.15, -0.1) is 24.0 Å². The van der Waals surface area contributed by atoms with Crippen LogP contribution < -0.4 is 20.1 Å². The summed E-state index contributed by atoms with van der Waals surface area (Å²) < 4.78 is 11.2. The highest BCUT2D eigenvalue weighted by Gasteiger charge is 2.04. The van der Waals surface area contributed by atoms with E-state index in [0.29, 0.717) is 25.1 Å². The zero-order valence-electron chi connectivity index (χ0n) is 15.7. The number of guanidine groups is 1. The second kappa shape index (κ2) is 11.6. The molecular formula is C19H27IN4O2. The van der Waals surface area contributed by atoms with Gasteiger partial charge in [-0.1, -0.05) is 0 Å². The van der Waals surface area contributed by atoms with Crippen molar-refractivity contribution in [3.05, 3.63) is 48.2 Å². The van der Waals surface area contributed by atoms with Crippen LogP contribution >= 0.6 is 24.0 Å². The Hall–Kier alpha value is -2.03. The van der Waals surface area contributed by atoms with Gasteiger partial charge >= 0.3 is 0 Å². The maximum Gasteiger partial charge on any atom is 0.219 e. The van der Waals surface area contributed by atoms with Crippen LogP contribution in [0.2, 0.25) is 0 Å². The molecule has 2 N–H and O–H groups in total. The second-order valence-corrected chi connectivity index (χ2v) is 5.73. The minimum atomic E-state index is 0. The second-order valence-electron chi connectivity index (χ2n) is 5.73. The highest BCUT2D eigenvalue weighted by molar-refractivity contribution is 14.0. The Labute approximate surface area is 172 Å². The molecule has 0 saturated carbocycles. The van der Waals surface area contributed by atoms with Gasteiger partial charge < -0.3 is 20.1 Å². The number of ether oxygens (including phenoxy) is 2. The number of rotatable bonds is 7. The third-order valence-corrected chi connectivity index (χ3v) is 3.27. The van der Waals surface area contributed by atoms with Crippen LogP contribution in [0.3, 0.4) is 0 Å². The van der Waals surface area contributed by atoms with Crippen LogP contribution in [-0.2, 0) is 6.54 Å². The third-order valence-electron chi connectivity index (χ3n) is 3.27. The van der Waals surface area contributed by atoms with Crippen molar-refractivity contribution in [3.8, 4) is 17.4 Å². The molecule has 0 spiro atoms. The lowest BCUT2D eigenvalue weighted by Gasteiger charge is -2.14. The highest BCUT2D eigenvalue weighted by Crippen LogP contribution is 2.23. The topological polar surface area (TPSA) is 67.8 Å². The van der Waals surface area contributed by atoms with E-state index >= 15 is 0 Å². The Morgan fingerprint density at radius 1 is 1.15 bits per heavy atom. The molecule has 0 fully saturated rings. The SMILES string of the molecule is CCOc1ccc(Oc2cc(CNC(=NC)NC(C)C)ccn2)cc1.I. The van der Waals surface area contributed by atoms with Crippen molar-refractivity contribution in [2.24, 2.45) is 4.99 Å². The molecular weight excluding hydrogens is 443 g/mol. The number of benzene rings is 1. The molecule has 26 heavy (non-hydrogen) atoms. The predicted octanol–water partition coefficient (Wildman–Crippen LogP) is 3.96. The summed E-state index contributed by atoms with van der Waals surface area (Å²) in [5.74, 6) is 2.86. The smallest absolute Gasteiger partial charge is 0.219 e. The zero-order chi connectivity index (χ0) is 18.1. The number of aliphatic imine (C=N–C) groups is 1. The van der Waals surface area contributed by atoms with Crippen molar-refractivity contribution in [2.45, 2.75) is 33.4 Å². The number of halogens is 1. The van der Waals surface area contributed by atoms with E-state index in [1.165, 1.54) is 0 Å². The van der Waals surface area contributed by atoms with E-state index in [1.54, 1.807) is 13.2 Å². The summed E-state index contributed by atoms with van der Waals surface area (Å²) in [6.07, 6.45) is 1.74. The predicted molar refractivity (Wildman–Crippen MR) is 116 cm³/mol. The van der Waals surface area contributed by atoms with Crippen LogP contribution in [0.15, 0.2) is 47.6 Å². The van der Waals surface area contributed by atoms with Gasteiger partial charge in [0.25, 0.3) is 0 Å². The van der Waals surface area contributed by atoms with Crippen molar-refractivity contribution in [1.82, 2.24) is 15.6 Å². The van der Waals surface area contributed by atoms with Crippen molar-refractivity contribution >= 4 is 29.9 Å². The number of nitrogens with one attached hydrogen (secondary N) is 2. The van der Waals surface area contributed by atoms with Gasteiger partial charge in [0.2, 0.25) is 5.88 Å². The fourth-order valence-corrected chi connectivity index (χ4v) is 2.16. The highest BCUT2D eigenvalue weighted by atomic mass is 127. The first-order valence-electron chi connectivity index (χ1n) is 8.43. The molecule has 1 aromatic heterocycles. The number of pyridine rings is 1. The molecule has 7 heteroatoms. The number of hydrogen-bond donors (Lipinski definition) is 2. The molecule has 0 saturated heterocycles.